The predicted octanol–water partition coefficient (Wildman–Crippen LogP) is 2.06. The Labute approximate surface area is 195 Å². The molecule has 0 unspecified atom stereocenters. The van der Waals surface area contributed by atoms with Gasteiger partial charge in [-0.15, -0.1) is 10.2 Å². The van der Waals surface area contributed by atoms with Gasteiger partial charge in [0.1, 0.15) is 5.75 Å². The zero-order valence-corrected chi connectivity index (χ0v) is 19.1. The number of benzene rings is 1. The van der Waals surface area contributed by atoms with Crippen molar-refractivity contribution in [3.8, 4) is 28.7 Å². The van der Waals surface area contributed by atoms with Gasteiger partial charge in [0.2, 0.25) is 5.13 Å². The van der Waals surface area contributed by atoms with Crippen LogP contribution in [-0.4, -0.2) is 34.4 Å². The van der Waals surface area contributed by atoms with Crippen molar-refractivity contribution in [1.82, 2.24) is 15.2 Å². The molecular formula is C24H23N6O2S+. The third-order valence-corrected chi connectivity index (χ3v) is 5.75. The molecule has 5 N–H and O–H groups in total. The van der Waals surface area contributed by atoms with Crippen LogP contribution >= 0.6 is 11.3 Å². The molecule has 1 saturated carbocycles. The number of allylic oxidation sites excluding steroid dienone is 1. The SMILES string of the molecule is COc1cnc(C)cc1-c1cc(/C(N)=C/C=[NH2+])ccc1C(=O)Nc1nnc(C#CC2CC2)s1. The van der Waals surface area contributed by atoms with Crippen molar-refractivity contribution in [2.75, 3.05) is 12.4 Å². The topological polar surface area (TPSA) is 129 Å². The third kappa shape index (κ3) is 5.25. The van der Waals surface area contributed by atoms with E-state index in [1.165, 1.54) is 17.6 Å². The molecule has 33 heavy (non-hydrogen) atoms. The Morgan fingerprint density at radius 2 is 2.12 bits per heavy atom. The fourth-order valence-corrected chi connectivity index (χ4v) is 3.75. The Kier molecular flexibility index (Phi) is 6.47. The highest BCUT2D eigenvalue weighted by Crippen LogP contribution is 2.34. The number of hydrogen-bond acceptors (Lipinski definition) is 7. The summed E-state index contributed by atoms with van der Waals surface area (Å²) in [5.74, 6) is 6.83. The zero-order chi connectivity index (χ0) is 23.4. The quantitative estimate of drug-likeness (QED) is 0.382. The summed E-state index contributed by atoms with van der Waals surface area (Å²) in [5.41, 5.74) is 9.88. The highest BCUT2D eigenvalue weighted by Gasteiger charge is 2.20. The monoisotopic (exact) mass is 459 g/mol. The molecule has 1 aromatic carbocycles. The average molecular weight is 460 g/mol. The van der Waals surface area contributed by atoms with Gasteiger partial charge in [0.25, 0.3) is 5.91 Å². The Morgan fingerprint density at radius 3 is 2.85 bits per heavy atom. The molecule has 0 spiro atoms. The maximum atomic E-state index is 13.2. The maximum Gasteiger partial charge on any atom is 0.258 e. The molecule has 1 aliphatic rings. The fraction of sp³-hybridized carbons (Fsp3) is 0.208. The standard InChI is InChI=1S/C24H22N6O2S/c1-14-11-19(21(32-2)13-27-14)18-12-16(20(26)9-10-25)6-7-17(18)23(31)28-24-30-29-22(33-24)8-5-15-3-4-15/h6-7,9-13,15,25H,3-4,26H2,1-2H3,(H,28,30,31)/p+1/b20-9-,25-10?. The number of aromatic nitrogens is 3. The molecule has 2 heterocycles. The molecule has 3 aromatic rings. The smallest absolute Gasteiger partial charge is 0.258 e. The number of rotatable bonds is 6. The van der Waals surface area contributed by atoms with Crippen LogP contribution in [0.1, 0.15) is 39.5 Å². The van der Waals surface area contributed by atoms with Crippen LogP contribution in [0.25, 0.3) is 16.8 Å². The van der Waals surface area contributed by atoms with Crippen LogP contribution in [0.15, 0.2) is 36.5 Å². The second-order valence-electron chi connectivity index (χ2n) is 7.51. The van der Waals surface area contributed by atoms with Crippen molar-refractivity contribution in [2.24, 2.45) is 11.7 Å². The Balaban J connectivity index is 1.72. The lowest BCUT2D eigenvalue weighted by atomic mass is 9.95. The van der Waals surface area contributed by atoms with E-state index in [-0.39, 0.29) is 5.91 Å². The van der Waals surface area contributed by atoms with Crippen LogP contribution in [0, 0.1) is 24.7 Å². The van der Waals surface area contributed by atoms with Crippen LogP contribution in [0.2, 0.25) is 0 Å². The number of nitrogens with two attached hydrogens (primary N) is 2. The summed E-state index contributed by atoms with van der Waals surface area (Å²) in [5, 5.41) is 17.4. The Hall–Kier alpha value is -4.03. The van der Waals surface area contributed by atoms with Gasteiger partial charge in [-0.05, 0) is 55.0 Å². The molecule has 0 saturated heterocycles. The largest absolute Gasteiger partial charge is 0.494 e. The number of hydrogen-bond donors (Lipinski definition) is 3. The molecule has 4 rings (SSSR count). The lowest BCUT2D eigenvalue weighted by Crippen LogP contribution is -2.28. The van der Waals surface area contributed by atoms with Crippen molar-refractivity contribution in [2.45, 2.75) is 19.8 Å². The summed E-state index contributed by atoms with van der Waals surface area (Å²) in [6.07, 6.45) is 6.86. The van der Waals surface area contributed by atoms with Crippen LogP contribution in [0.4, 0.5) is 5.13 Å². The number of nitrogens with zero attached hydrogens (tertiary/aromatic N) is 3. The summed E-state index contributed by atoms with van der Waals surface area (Å²) < 4.78 is 5.51. The van der Waals surface area contributed by atoms with Gasteiger partial charge in [-0.1, -0.05) is 23.3 Å². The first-order valence-corrected chi connectivity index (χ1v) is 11.1. The summed E-state index contributed by atoms with van der Waals surface area (Å²) in [6.45, 7) is 1.87. The first-order valence-electron chi connectivity index (χ1n) is 10.3. The van der Waals surface area contributed by atoms with E-state index in [4.69, 9.17) is 15.9 Å². The number of aryl methyl sites for hydroxylation is 1. The van der Waals surface area contributed by atoms with Crippen molar-refractivity contribution < 1.29 is 14.9 Å². The highest BCUT2D eigenvalue weighted by molar-refractivity contribution is 7.15. The highest BCUT2D eigenvalue weighted by atomic mass is 32.1. The maximum absolute atomic E-state index is 13.2. The van der Waals surface area contributed by atoms with Gasteiger partial charge < -0.3 is 10.5 Å². The second-order valence-corrected chi connectivity index (χ2v) is 8.49. The molecule has 0 bridgehead atoms. The molecule has 166 valence electrons. The molecule has 1 fully saturated rings. The number of carbonyl (C=O) groups excluding carboxylic acids is 1. The first-order chi connectivity index (χ1) is 16.0. The van der Waals surface area contributed by atoms with E-state index in [1.807, 2.05) is 19.1 Å². The summed E-state index contributed by atoms with van der Waals surface area (Å²) >= 11 is 1.24. The molecule has 9 heteroatoms. The number of ether oxygens (including phenoxy) is 1. The van der Waals surface area contributed by atoms with Gasteiger partial charge in [-0.2, -0.15) is 0 Å². The van der Waals surface area contributed by atoms with E-state index in [0.29, 0.717) is 44.2 Å². The van der Waals surface area contributed by atoms with Crippen LogP contribution < -0.4 is 21.2 Å². The van der Waals surface area contributed by atoms with Gasteiger partial charge >= 0.3 is 0 Å². The number of nitrogens with one attached hydrogen (secondary N) is 1. The van der Waals surface area contributed by atoms with E-state index in [0.717, 1.165) is 24.1 Å². The first kappa shape index (κ1) is 22.2. The van der Waals surface area contributed by atoms with Gasteiger partial charge in [0.05, 0.1) is 13.3 Å². The minimum absolute atomic E-state index is 0.334. The van der Waals surface area contributed by atoms with Crippen molar-refractivity contribution >= 4 is 34.3 Å². The number of pyridine rings is 1. The van der Waals surface area contributed by atoms with Crippen LogP contribution in [0.5, 0.6) is 5.75 Å². The van der Waals surface area contributed by atoms with E-state index in [2.05, 4.69) is 32.3 Å². The third-order valence-electron chi connectivity index (χ3n) is 4.99. The van der Waals surface area contributed by atoms with Crippen molar-refractivity contribution in [3.05, 3.63) is 58.4 Å². The molecule has 2 aromatic heterocycles. The number of anilines is 1. The van der Waals surface area contributed by atoms with Gasteiger partial charge in [0, 0.05) is 34.5 Å². The van der Waals surface area contributed by atoms with E-state index < -0.39 is 0 Å². The molecule has 0 radical (unpaired) electrons. The van der Waals surface area contributed by atoms with E-state index in [1.54, 1.807) is 31.5 Å². The van der Waals surface area contributed by atoms with E-state index >= 15 is 0 Å². The summed E-state index contributed by atoms with van der Waals surface area (Å²) in [4.78, 5) is 17.5. The Bertz CT molecular complexity index is 1310. The molecule has 1 amide bonds. The summed E-state index contributed by atoms with van der Waals surface area (Å²) in [7, 11) is 1.56. The van der Waals surface area contributed by atoms with Gasteiger partial charge in [-0.25, -0.2) is 0 Å². The molecule has 0 aliphatic heterocycles. The second kappa shape index (κ2) is 9.63. The minimum atomic E-state index is -0.334. The van der Waals surface area contributed by atoms with Crippen molar-refractivity contribution in [3.63, 3.8) is 0 Å². The van der Waals surface area contributed by atoms with Gasteiger partial charge in [-0.3, -0.25) is 20.5 Å². The molecule has 1 aliphatic carbocycles. The summed E-state index contributed by atoms with van der Waals surface area (Å²) in [6, 6.07) is 7.16. The molecule has 8 nitrogen and oxygen atoms in total. The fourth-order valence-electron chi connectivity index (χ4n) is 3.15. The molecular weight excluding hydrogens is 436 g/mol. The zero-order valence-electron chi connectivity index (χ0n) is 18.3. The van der Waals surface area contributed by atoms with Gasteiger partial charge in [0.15, 0.2) is 11.2 Å². The number of amides is 1. The van der Waals surface area contributed by atoms with Crippen molar-refractivity contribution in [1.29, 1.82) is 0 Å². The van der Waals surface area contributed by atoms with E-state index in [9.17, 15) is 4.79 Å². The predicted molar refractivity (Wildman–Crippen MR) is 129 cm³/mol. The number of methoxy groups -OCH3 is 1. The lowest BCUT2D eigenvalue weighted by molar-refractivity contribution is -0.104. The Morgan fingerprint density at radius 1 is 1.30 bits per heavy atom. The lowest BCUT2D eigenvalue weighted by Gasteiger charge is -2.15. The molecule has 0 atom stereocenters. The average Bonchev–Trinajstić information content (AvgIpc) is 3.55. The normalized spacial score (nSPS) is 13.1. The van der Waals surface area contributed by atoms with Crippen LogP contribution in [0.3, 0.4) is 0 Å². The minimum Gasteiger partial charge on any atom is -0.494 e. The number of carbonyl (C=O) groups is 1. The van der Waals surface area contributed by atoms with Crippen LogP contribution in [-0.2, 0) is 0 Å².